The first-order valence-corrected chi connectivity index (χ1v) is 13.1. The van der Waals surface area contributed by atoms with Crippen LogP contribution < -0.4 is 20.1 Å². The summed E-state index contributed by atoms with van der Waals surface area (Å²) in [5.41, 5.74) is 0.768. The number of methoxy groups -OCH3 is 1. The molecule has 0 aromatic heterocycles. The number of ether oxygens (including phenoxy) is 2. The van der Waals surface area contributed by atoms with E-state index in [2.05, 4.69) is 10.6 Å². The molecule has 0 saturated heterocycles. The van der Waals surface area contributed by atoms with Crippen LogP contribution in [0.25, 0.3) is 0 Å². The van der Waals surface area contributed by atoms with Gasteiger partial charge < -0.3 is 35.0 Å². The topological polar surface area (TPSA) is 120 Å². The number of alkyl halides is 3. The van der Waals surface area contributed by atoms with Gasteiger partial charge in [0.1, 0.15) is 17.6 Å². The second-order valence-corrected chi connectivity index (χ2v) is 10.0. The zero-order chi connectivity index (χ0) is 30.3. The number of carbonyl (C=O) groups excluding carboxylic acids is 3. The molecule has 1 aliphatic rings. The first-order chi connectivity index (χ1) is 19.3. The summed E-state index contributed by atoms with van der Waals surface area (Å²) in [6.45, 7) is 3.58. The molecular formula is C28H35F3N4O6. The molecule has 0 spiro atoms. The van der Waals surface area contributed by atoms with Crippen LogP contribution in [0.15, 0.2) is 42.5 Å². The Bertz CT molecular complexity index is 1220. The molecule has 3 rings (SSSR count). The maximum Gasteiger partial charge on any atom is 0.389 e. The van der Waals surface area contributed by atoms with Gasteiger partial charge in [-0.25, -0.2) is 4.79 Å². The van der Waals surface area contributed by atoms with Gasteiger partial charge in [-0.2, -0.15) is 13.2 Å². The molecule has 0 fully saturated rings. The standard InChI is InChI=1S/C28H35F3N4O6/c1-17-14-35(18(2)16-36)26(38)22-13-20(32-25(37)11-12-28(29,30)31)7-10-23(22)41-24(17)15-34(3)27(39)33-19-5-8-21(40-4)9-6-19/h5-10,13,17-18,24,36H,11-12,14-16H2,1-4H3,(H,32,37)(H,33,39). The van der Waals surface area contributed by atoms with E-state index in [0.29, 0.717) is 11.4 Å². The molecule has 1 aliphatic heterocycles. The van der Waals surface area contributed by atoms with Crippen molar-refractivity contribution in [1.82, 2.24) is 9.80 Å². The van der Waals surface area contributed by atoms with E-state index in [4.69, 9.17) is 9.47 Å². The molecule has 0 aliphatic carbocycles. The van der Waals surface area contributed by atoms with Crippen molar-refractivity contribution in [3.63, 3.8) is 0 Å². The minimum atomic E-state index is -4.47. The molecule has 3 unspecified atom stereocenters. The molecule has 2 aromatic rings. The quantitative estimate of drug-likeness (QED) is 0.406. The maximum absolute atomic E-state index is 13.5. The molecule has 0 saturated carbocycles. The van der Waals surface area contributed by atoms with E-state index in [1.54, 1.807) is 45.3 Å². The lowest BCUT2D eigenvalue weighted by molar-refractivity contribution is -0.142. The first kappa shape index (κ1) is 31.5. The van der Waals surface area contributed by atoms with E-state index >= 15 is 0 Å². The number of hydrogen-bond donors (Lipinski definition) is 3. The summed E-state index contributed by atoms with van der Waals surface area (Å²) in [5, 5.41) is 15.0. The summed E-state index contributed by atoms with van der Waals surface area (Å²) in [6.07, 6.45) is -7.08. The molecule has 4 amide bonds. The largest absolute Gasteiger partial charge is 0.497 e. The zero-order valence-electron chi connectivity index (χ0n) is 23.3. The maximum atomic E-state index is 13.5. The number of fused-ring (bicyclic) bond motifs is 1. The number of benzene rings is 2. The Kier molecular flexibility index (Phi) is 10.4. The average Bonchev–Trinajstić information content (AvgIpc) is 2.93. The normalized spacial score (nSPS) is 17.9. The van der Waals surface area contributed by atoms with Crippen LogP contribution >= 0.6 is 0 Å². The minimum absolute atomic E-state index is 0.0705. The van der Waals surface area contributed by atoms with Gasteiger partial charge in [-0.15, -0.1) is 0 Å². The minimum Gasteiger partial charge on any atom is -0.497 e. The van der Waals surface area contributed by atoms with Crippen LogP contribution in [0.5, 0.6) is 11.5 Å². The summed E-state index contributed by atoms with van der Waals surface area (Å²) >= 11 is 0. The van der Waals surface area contributed by atoms with E-state index in [-0.39, 0.29) is 48.6 Å². The van der Waals surface area contributed by atoms with Crippen molar-refractivity contribution >= 4 is 29.2 Å². The number of carbonyl (C=O) groups is 3. The van der Waals surface area contributed by atoms with E-state index in [0.717, 1.165) is 0 Å². The van der Waals surface area contributed by atoms with Crippen LogP contribution in [0.3, 0.4) is 0 Å². The number of aliphatic hydroxyl groups is 1. The van der Waals surface area contributed by atoms with Crippen molar-refractivity contribution in [2.24, 2.45) is 5.92 Å². The fraction of sp³-hybridized carbons (Fsp3) is 0.464. The highest BCUT2D eigenvalue weighted by Crippen LogP contribution is 2.31. The number of amides is 4. The molecule has 1 heterocycles. The van der Waals surface area contributed by atoms with Gasteiger partial charge in [-0.05, 0) is 49.4 Å². The van der Waals surface area contributed by atoms with E-state index < -0.39 is 43.0 Å². The Morgan fingerprint density at radius 3 is 2.44 bits per heavy atom. The van der Waals surface area contributed by atoms with Crippen LogP contribution in [0.2, 0.25) is 0 Å². The zero-order valence-corrected chi connectivity index (χ0v) is 23.3. The van der Waals surface area contributed by atoms with Crippen molar-refractivity contribution in [2.45, 2.75) is 45.0 Å². The summed E-state index contributed by atoms with van der Waals surface area (Å²) < 4.78 is 48.9. The summed E-state index contributed by atoms with van der Waals surface area (Å²) in [4.78, 5) is 41.4. The lowest BCUT2D eigenvalue weighted by Gasteiger charge is -2.38. The highest BCUT2D eigenvalue weighted by Gasteiger charge is 2.34. The number of aliphatic hydroxyl groups excluding tert-OH is 1. The Labute approximate surface area is 236 Å². The molecule has 13 heteroatoms. The Hall–Kier alpha value is -4.00. The van der Waals surface area contributed by atoms with Gasteiger partial charge in [0, 0.05) is 37.3 Å². The van der Waals surface area contributed by atoms with E-state index in [9.17, 15) is 32.7 Å². The van der Waals surface area contributed by atoms with Crippen molar-refractivity contribution < 1.29 is 42.1 Å². The molecule has 3 atom stereocenters. The molecule has 41 heavy (non-hydrogen) atoms. The third-order valence-corrected chi connectivity index (χ3v) is 6.73. The van der Waals surface area contributed by atoms with Crippen molar-refractivity contribution in [2.75, 3.05) is 44.5 Å². The fourth-order valence-corrected chi connectivity index (χ4v) is 4.24. The van der Waals surface area contributed by atoms with Crippen molar-refractivity contribution in [1.29, 1.82) is 0 Å². The highest BCUT2D eigenvalue weighted by molar-refractivity contribution is 6.00. The molecule has 0 bridgehead atoms. The molecule has 10 nitrogen and oxygen atoms in total. The fourth-order valence-electron chi connectivity index (χ4n) is 4.24. The van der Waals surface area contributed by atoms with Crippen molar-refractivity contribution in [3.8, 4) is 11.5 Å². The van der Waals surface area contributed by atoms with Crippen LogP contribution in [-0.2, 0) is 4.79 Å². The Morgan fingerprint density at radius 2 is 1.83 bits per heavy atom. The summed E-state index contributed by atoms with van der Waals surface area (Å²) in [7, 11) is 3.15. The van der Waals surface area contributed by atoms with Gasteiger partial charge in [-0.1, -0.05) is 6.92 Å². The third kappa shape index (κ3) is 8.74. The average molecular weight is 581 g/mol. The Balaban J connectivity index is 1.81. The number of nitrogens with zero attached hydrogens (tertiary/aromatic N) is 2. The third-order valence-electron chi connectivity index (χ3n) is 6.73. The SMILES string of the molecule is COc1ccc(NC(=O)N(C)CC2Oc3ccc(NC(=O)CCC(F)(F)F)cc3C(=O)N(C(C)CO)CC2C)cc1. The number of nitrogens with one attached hydrogen (secondary N) is 2. The number of anilines is 2. The second kappa shape index (κ2) is 13.6. The number of rotatable bonds is 9. The van der Waals surface area contributed by atoms with Gasteiger partial charge >= 0.3 is 12.2 Å². The first-order valence-electron chi connectivity index (χ1n) is 13.1. The van der Waals surface area contributed by atoms with E-state index in [1.807, 2.05) is 6.92 Å². The van der Waals surface area contributed by atoms with Crippen LogP contribution in [0.1, 0.15) is 37.0 Å². The monoisotopic (exact) mass is 580 g/mol. The van der Waals surface area contributed by atoms with Gasteiger partial charge in [0.05, 0.1) is 38.3 Å². The van der Waals surface area contributed by atoms with Gasteiger partial charge in [0.2, 0.25) is 5.91 Å². The second-order valence-electron chi connectivity index (χ2n) is 10.0. The van der Waals surface area contributed by atoms with Gasteiger partial charge in [-0.3, -0.25) is 9.59 Å². The predicted octanol–water partition coefficient (Wildman–Crippen LogP) is 4.36. The number of halogens is 3. The number of hydrogen-bond acceptors (Lipinski definition) is 6. The molecule has 224 valence electrons. The lowest BCUT2D eigenvalue weighted by Crippen LogP contribution is -2.50. The van der Waals surface area contributed by atoms with Gasteiger partial charge in [0.25, 0.3) is 5.91 Å². The summed E-state index contributed by atoms with van der Waals surface area (Å²) in [6, 6.07) is 10.1. The smallest absolute Gasteiger partial charge is 0.389 e. The molecule has 0 radical (unpaired) electrons. The summed E-state index contributed by atoms with van der Waals surface area (Å²) in [5.74, 6) is -0.757. The van der Waals surface area contributed by atoms with Gasteiger partial charge in [0.15, 0.2) is 0 Å². The number of urea groups is 1. The molecular weight excluding hydrogens is 545 g/mol. The molecule has 3 N–H and O–H groups in total. The van der Waals surface area contributed by atoms with Crippen molar-refractivity contribution in [3.05, 3.63) is 48.0 Å². The lowest BCUT2D eigenvalue weighted by atomic mass is 9.99. The Morgan fingerprint density at radius 1 is 1.17 bits per heavy atom. The van der Waals surface area contributed by atoms with Crippen LogP contribution in [0.4, 0.5) is 29.3 Å². The highest BCUT2D eigenvalue weighted by atomic mass is 19.4. The number of likely N-dealkylation sites (N-methyl/N-ethyl adjacent to an activating group) is 1. The van der Waals surface area contributed by atoms with Crippen LogP contribution in [-0.4, -0.2) is 84.9 Å². The predicted molar refractivity (Wildman–Crippen MR) is 146 cm³/mol. The molecule has 2 aromatic carbocycles. The van der Waals surface area contributed by atoms with Crippen LogP contribution in [0, 0.1) is 5.92 Å². The van der Waals surface area contributed by atoms with E-state index in [1.165, 1.54) is 28.0 Å².